The molecule has 3 rings (SSSR count). The second-order valence-corrected chi connectivity index (χ2v) is 6.92. The Morgan fingerprint density at radius 1 is 1.12 bits per heavy atom. The number of anilines is 1. The van der Waals surface area contributed by atoms with Gasteiger partial charge in [-0.2, -0.15) is 0 Å². The van der Waals surface area contributed by atoms with Crippen LogP contribution in [0.25, 0.3) is 10.8 Å². The van der Waals surface area contributed by atoms with Crippen LogP contribution in [0.4, 0.5) is 5.82 Å². The van der Waals surface area contributed by atoms with Gasteiger partial charge in [-0.1, -0.05) is 30.3 Å². The van der Waals surface area contributed by atoms with Crippen LogP contribution < -0.4 is 5.73 Å². The summed E-state index contributed by atoms with van der Waals surface area (Å²) in [6, 6.07) is 14.2. The molecule has 0 amide bonds. The summed E-state index contributed by atoms with van der Waals surface area (Å²) in [7, 11) is 0. The van der Waals surface area contributed by atoms with E-state index in [0.29, 0.717) is 12.2 Å². The molecule has 0 saturated heterocycles. The maximum Gasteiger partial charge on any atom is 0.303 e. The molecular formula is C21H22N2O2S. The van der Waals surface area contributed by atoms with Gasteiger partial charge in [-0.05, 0) is 58.9 Å². The van der Waals surface area contributed by atoms with Crippen LogP contribution in [0.3, 0.4) is 0 Å². The van der Waals surface area contributed by atoms with Crippen LogP contribution in [0.5, 0.6) is 0 Å². The SMILES string of the molecule is Nc1ccc(Cc2c(S)cc3ccccc3c2CCCCC(=O)O)cn1. The summed E-state index contributed by atoms with van der Waals surface area (Å²) >= 11 is 4.73. The maximum atomic E-state index is 10.8. The predicted molar refractivity (Wildman–Crippen MR) is 108 cm³/mol. The second-order valence-electron chi connectivity index (χ2n) is 6.44. The number of thiol groups is 1. The number of carbonyl (C=O) groups is 1. The van der Waals surface area contributed by atoms with E-state index in [1.54, 1.807) is 12.3 Å². The molecule has 0 spiro atoms. The first kappa shape index (κ1) is 18.3. The topological polar surface area (TPSA) is 76.2 Å². The van der Waals surface area contributed by atoms with Gasteiger partial charge in [0.1, 0.15) is 5.82 Å². The average molecular weight is 366 g/mol. The Bertz CT molecular complexity index is 923. The molecule has 0 atom stereocenters. The number of hydrogen-bond donors (Lipinski definition) is 3. The van der Waals surface area contributed by atoms with Gasteiger partial charge in [0.25, 0.3) is 0 Å². The Morgan fingerprint density at radius 3 is 2.65 bits per heavy atom. The Hall–Kier alpha value is -2.53. The Labute approximate surface area is 158 Å². The molecule has 3 aromatic rings. The predicted octanol–water partition coefficient (Wildman–Crippen LogP) is 4.49. The molecule has 0 radical (unpaired) electrons. The highest BCUT2D eigenvalue weighted by atomic mass is 32.1. The third-order valence-electron chi connectivity index (χ3n) is 4.55. The standard InChI is InChI=1S/C21H22N2O2S/c22-20-10-9-14(13-23-20)11-18-17(7-3-4-8-21(24)25)16-6-2-1-5-15(16)12-19(18)26/h1-2,5-6,9-10,12-13,26H,3-4,7-8,11H2,(H2,22,23)(H,24,25). The number of nitrogen functional groups attached to an aromatic ring is 1. The lowest BCUT2D eigenvalue weighted by Gasteiger charge is -2.16. The second kappa shape index (κ2) is 8.23. The van der Waals surface area contributed by atoms with E-state index in [-0.39, 0.29) is 6.42 Å². The Kier molecular flexibility index (Phi) is 5.78. The molecule has 0 bridgehead atoms. The summed E-state index contributed by atoms with van der Waals surface area (Å²) in [4.78, 5) is 15.9. The van der Waals surface area contributed by atoms with Crippen LogP contribution in [0.15, 0.2) is 53.6 Å². The molecule has 26 heavy (non-hydrogen) atoms. The zero-order valence-electron chi connectivity index (χ0n) is 14.5. The number of benzene rings is 2. The lowest BCUT2D eigenvalue weighted by Crippen LogP contribution is -2.02. The van der Waals surface area contributed by atoms with Crippen LogP contribution in [0.1, 0.15) is 36.0 Å². The first-order valence-electron chi connectivity index (χ1n) is 8.69. The van der Waals surface area contributed by atoms with Gasteiger partial charge in [0, 0.05) is 23.9 Å². The zero-order chi connectivity index (χ0) is 18.5. The van der Waals surface area contributed by atoms with Crippen molar-refractivity contribution in [3.05, 3.63) is 65.4 Å². The van der Waals surface area contributed by atoms with Crippen LogP contribution >= 0.6 is 12.6 Å². The molecule has 0 aliphatic rings. The minimum absolute atomic E-state index is 0.204. The van der Waals surface area contributed by atoms with Crippen molar-refractivity contribution < 1.29 is 9.90 Å². The third-order valence-corrected chi connectivity index (χ3v) is 4.95. The molecule has 3 N–H and O–H groups in total. The maximum absolute atomic E-state index is 10.8. The first-order chi connectivity index (χ1) is 12.5. The summed E-state index contributed by atoms with van der Waals surface area (Å²) in [5.74, 6) is -0.238. The molecule has 1 heterocycles. The lowest BCUT2D eigenvalue weighted by atomic mass is 9.91. The van der Waals surface area contributed by atoms with Crippen molar-refractivity contribution in [2.45, 2.75) is 37.0 Å². The molecule has 5 heteroatoms. The van der Waals surface area contributed by atoms with Crippen LogP contribution in [0.2, 0.25) is 0 Å². The summed E-state index contributed by atoms with van der Waals surface area (Å²) < 4.78 is 0. The average Bonchev–Trinajstić information content (AvgIpc) is 2.62. The molecular weight excluding hydrogens is 344 g/mol. The van der Waals surface area contributed by atoms with Crippen molar-refractivity contribution in [3.8, 4) is 0 Å². The third kappa shape index (κ3) is 4.35. The number of aromatic nitrogens is 1. The van der Waals surface area contributed by atoms with Gasteiger partial charge < -0.3 is 10.8 Å². The van der Waals surface area contributed by atoms with Crippen LogP contribution in [-0.4, -0.2) is 16.1 Å². The van der Waals surface area contributed by atoms with Crippen molar-refractivity contribution in [1.82, 2.24) is 4.98 Å². The molecule has 0 unspecified atom stereocenters. The van der Waals surface area contributed by atoms with Crippen molar-refractivity contribution >= 4 is 35.2 Å². The molecule has 0 saturated carbocycles. The van der Waals surface area contributed by atoms with E-state index in [2.05, 4.69) is 23.2 Å². The van der Waals surface area contributed by atoms with E-state index in [1.807, 2.05) is 18.2 Å². The van der Waals surface area contributed by atoms with E-state index >= 15 is 0 Å². The van der Waals surface area contributed by atoms with Gasteiger partial charge >= 0.3 is 5.97 Å². The van der Waals surface area contributed by atoms with Crippen molar-refractivity contribution in [2.75, 3.05) is 5.73 Å². The van der Waals surface area contributed by atoms with E-state index in [4.69, 9.17) is 23.5 Å². The van der Waals surface area contributed by atoms with Crippen LogP contribution in [-0.2, 0) is 17.6 Å². The zero-order valence-corrected chi connectivity index (χ0v) is 15.4. The fourth-order valence-electron chi connectivity index (χ4n) is 3.25. The summed E-state index contributed by atoms with van der Waals surface area (Å²) in [5.41, 5.74) is 9.19. The summed E-state index contributed by atoms with van der Waals surface area (Å²) in [5, 5.41) is 11.2. The Morgan fingerprint density at radius 2 is 1.92 bits per heavy atom. The normalized spacial score (nSPS) is 11.0. The van der Waals surface area contributed by atoms with E-state index in [9.17, 15) is 4.79 Å². The number of carboxylic acids is 1. The van der Waals surface area contributed by atoms with Gasteiger partial charge in [-0.3, -0.25) is 4.79 Å². The minimum atomic E-state index is -0.744. The van der Waals surface area contributed by atoms with Gasteiger partial charge in [-0.15, -0.1) is 12.6 Å². The fourth-order valence-corrected chi connectivity index (χ4v) is 3.61. The number of hydrogen-bond acceptors (Lipinski definition) is 4. The van der Waals surface area contributed by atoms with E-state index in [0.717, 1.165) is 35.1 Å². The Balaban J connectivity index is 1.96. The smallest absolute Gasteiger partial charge is 0.303 e. The largest absolute Gasteiger partial charge is 0.481 e. The van der Waals surface area contributed by atoms with Crippen molar-refractivity contribution in [1.29, 1.82) is 0 Å². The number of fused-ring (bicyclic) bond motifs is 1. The number of carboxylic acid groups (broad SMARTS) is 1. The number of pyridine rings is 1. The number of aliphatic carboxylic acids is 1. The first-order valence-corrected chi connectivity index (χ1v) is 9.14. The molecule has 4 nitrogen and oxygen atoms in total. The number of unbranched alkanes of at least 4 members (excludes halogenated alkanes) is 1. The summed E-state index contributed by atoms with van der Waals surface area (Å²) in [6.07, 6.45) is 5.07. The molecule has 0 aliphatic carbocycles. The number of nitrogens with two attached hydrogens (primary N) is 1. The number of nitrogens with zero attached hydrogens (tertiary/aromatic N) is 1. The van der Waals surface area contributed by atoms with Crippen LogP contribution in [0, 0.1) is 0 Å². The van der Waals surface area contributed by atoms with Crippen molar-refractivity contribution in [2.24, 2.45) is 0 Å². The molecule has 2 aromatic carbocycles. The monoisotopic (exact) mass is 366 g/mol. The van der Waals surface area contributed by atoms with E-state index < -0.39 is 5.97 Å². The summed E-state index contributed by atoms with van der Waals surface area (Å²) in [6.45, 7) is 0. The highest BCUT2D eigenvalue weighted by Crippen LogP contribution is 2.31. The van der Waals surface area contributed by atoms with E-state index in [1.165, 1.54) is 16.5 Å². The molecule has 0 aliphatic heterocycles. The molecule has 0 fully saturated rings. The van der Waals surface area contributed by atoms with Gasteiger partial charge in [0.05, 0.1) is 0 Å². The molecule has 1 aromatic heterocycles. The number of aryl methyl sites for hydroxylation is 1. The molecule has 134 valence electrons. The van der Waals surface area contributed by atoms with Gasteiger partial charge in [0.15, 0.2) is 0 Å². The van der Waals surface area contributed by atoms with Gasteiger partial charge in [-0.25, -0.2) is 4.98 Å². The lowest BCUT2D eigenvalue weighted by molar-refractivity contribution is -0.137. The number of rotatable bonds is 7. The minimum Gasteiger partial charge on any atom is -0.481 e. The highest BCUT2D eigenvalue weighted by molar-refractivity contribution is 7.80. The van der Waals surface area contributed by atoms with Gasteiger partial charge in [0.2, 0.25) is 0 Å². The quantitative estimate of drug-likeness (QED) is 0.425. The fraction of sp³-hybridized carbons (Fsp3) is 0.238. The highest BCUT2D eigenvalue weighted by Gasteiger charge is 2.13. The van der Waals surface area contributed by atoms with Crippen molar-refractivity contribution in [3.63, 3.8) is 0 Å².